The van der Waals surface area contributed by atoms with Gasteiger partial charge < -0.3 is 9.13 Å². The Kier molecular flexibility index (Phi) is 6.39. The molecule has 0 saturated carbocycles. The number of hydrogen-bond acceptors (Lipinski definition) is 4. The first-order valence-corrected chi connectivity index (χ1v) is 16.6. The van der Waals surface area contributed by atoms with Crippen molar-refractivity contribution in [3.63, 3.8) is 0 Å². The molecule has 10 aromatic rings. The van der Waals surface area contributed by atoms with Gasteiger partial charge in [-0.15, -0.1) is 0 Å². The summed E-state index contributed by atoms with van der Waals surface area (Å²) in [6.45, 7) is 0. The molecule has 0 spiro atoms. The summed E-state index contributed by atoms with van der Waals surface area (Å²) in [5, 5.41) is 4.84. The van der Waals surface area contributed by atoms with Crippen molar-refractivity contribution in [3.8, 4) is 45.3 Å². The zero-order valence-electron chi connectivity index (χ0n) is 26.8. The van der Waals surface area contributed by atoms with Gasteiger partial charge in [0.1, 0.15) is 0 Å². The van der Waals surface area contributed by atoms with Crippen LogP contribution in [0, 0.1) is 0 Å². The Labute approximate surface area is 287 Å². The quantitative estimate of drug-likeness (QED) is 0.188. The molecule has 0 aliphatic heterocycles. The maximum atomic E-state index is 5.22. The normalized spacial score (nSPS) is 11.6. The van der Waals surface area contributed by atoms with E-state index < -0.39 is 0 Å². The highest BCUT2D eigenvalue weighted by atomic mass is 15.0. The zero-order valence-corrected chi connectivity index (χ0v) is 26.8. The molecule has 0 fully saturated rings. The molecule has 0 bridgehead atoms. The molecule has 5 heterocycles. The summed E-state index contributed by atoms with van der Waals surface area (Å²) in [6.07, 6.45) is 7.19. The molecular weight excluding hydrogens is 613 g/mol. The van der Waals surface area contributed by atoms with Crippen molar-refractivity contribution in [2.24, 2.45) is 0 Å². The molecular formula is C44H28N6. The van der Waals surface area contributed by atoms with Gasteiger partial charge in [-0.2, -0.15) is 0 Å². The molecule has 0 radical (unpaired) electrons. The third-order valence-electron chi connectivity index (χ3n) is 9.52. The minimum Gasteiger partial charge on any atom is -0.309 e. The lowest BCUT2D eigenvalue weighted by Gasteiger charge is -2.16. The summed E-state index contributed by atoms with van der Waals surface area (Å²) in [7, 11) is 0. The lowest BCUT2D eigenvalue weighted by molar-refractivity contribution is 1.12. The fourth-order valence-electron chi connectivity index (χ4n) is 7.30. The maximum Gasteiger partial charge on any atom is 0.160 e. The highest BCUT2D eigenvalue weighted by Crippen LogP contribution is 2.38. The second kappa shape index (κ2) is 11.4. The largest absolute Gasteiger partial charge is 0.309 e. The maximum absolute atomic E-state index is 5.22. The molecule has 0 saturated heterocycles. The Hall–Kier alpha value is -6.92. The van der Waals surface area contributed by atoms with Gasteiger partial charge in [-0.25, -0.2) is 9.97 Å². The number of fused-ring (bicyclic) bond motifs is 6. The molecule has 0 aliphatic rings. The van der Waals surface area contributed by atoms with Gasteiger partial charge >= 0.3 is 0 Å². The molecule has 0 N–H and O–H groups in total. The van der Waals surface area contributed by atoms with Crippen LogP contribution in [0.4, 0.5) is 0 Å². The second-order valence-electron chi connectivity index (χ2n) is 12.4. The van der Waals surface area contributed by atoms with Crippen molar-refractivity contribution in [2.75, 3.05) is 0 Å². The van der Waals surface area contributed by atoms with Crippen LogP contribution >= 0.6 is 0 Å². The molecule has 0 unspecified atom stereocenters. The van der Waals surface area contributed by atoms with Crippen LogP contribution < -0.4 is 0 Å². The van der Waals surface area contributed by atoms with Gasteiger partial charge in [0, 0.05) is 74.4 Å². The lowest BCUT2D eigenvalue weighted by atomic mass is 10.1. The highest BCUT2D eigenvalue weighted by Gasteiger charge is 2.19. The lowest BCUT2D eigenvalue weighted by Crippen LogP contribution is -2.02. The van der Waals surface area contributed by atoms with Crippen LogP contribution in [0.2, 0.25) is 0 Å². The minimum atomic E-state index is 0.635. The Bertz CT molecular complexity index is 2570. The van der Waals surface area contributed by atoms with E-state index in [1.54, 1.807) is 24.8 Å². The third kappa shape index (κ3) is 4.50. The summed E-state index contributed by atoms with van der Waals surface area (Å²) in [5.41, 5.74) is 11.1. The number of benzene rings is 5. The predicted octanol–water partition coefficient (Wildman–Crippen LogP) is 10.5. The van der Waals surface area contributed by atoms with E-state index in [-0.39, 0.29) is 0 Å². The van der Waals surface area contributed by atoms with E-state index in [1.807, 2.05) is 30.3 Å². The highest BCUT2D eigenvalue weighted by molar-refractivity contribution is 6.10. The molecule has 6 nitrogen and oxygen atoms in total. The van der Waals surface area contributed by atoms with Crippen LogP contribution in [-0.2, 0) is 0 Å². The molecule has 50 heavy (non-hydrogen) atoms. The number of aromatic nitrogens is 6. The summed E-state index contributed by atoms with van der Waals surface area (Å²) in [6, 6.07) is 51.2. The van der Waals surface area contributed by atoms with Crippen LogP contribution in [0.5, 0.6) is 0 Å². The van der Waals surface area contributed by atoms with Crippen LogP contribution in [-0.4, -0.2) is 29.1 Å². The average Bonchev–Trinajstić information content (AvgIpc) is 3.71. The summed E-state index contributed by atoms with van der Waals surface area (Å²) in [4.78, 5) is 19.0. The van der Waals surface area contributed by atoms with Crippen molar-refractivity contribution in [2.45, 2.75) is 0 Å². The summed E-state index contributed by atoms with van der Waals surface area (Å²) in [5.74, 6) is 0.635. The monoisotopic (exact) mass is 640 g/mol. The van der Waals surface area contributed by atoms with E-state index in [1.165, 1.54) is 21.5 Å². The summed E-state index contributed by atoms with van der Waals surface area (Å²) < 4.78 is 4.73. The van der Waals surface area contributed by atoms with Crippen molar-refractivity contribution in [3.05, 3.63) is 170 Å². The SMILES string of the molecule is c1ccc2c(c1)c1ccccc1n2-c1cc(-c2nc(-c3ccncc3)cc(-c3ccncc3)n2)cc(-n2c3ccccc3c3ccccc32)c1. The van der Waals surface area contributed by atoms with E-state index in [0.717, 1.165) is 61.5 Å². The van der Waals surface area contributed by atoms with Gasteiger partial charge in [-0.3, -0.25) is 9.97 Å². The standard InChI is InChI=1S/C44H28N6/c1-5-13-40-34(9-1)35-10-2-6-14-41(35)49(40)32-25-31(26-33(27-32)50-42-15-7-3-11-36(42)37-12-4-8-16-43(37)50)44-47-38(29-17-21-45-22-18-29)28-39(48-44)30-19-23-46-24-20-30/h1-28H. The van der Waals surface area contributed by atoms with E-state index in [9.17, 15) is 0 Å². The van der Waals surface area contributed by atoms with Crippen LogP contribution in [0.15, 0.2) is 170 Å². The fraction of sp³-hybridized carbons (Fsp3) is 0. The van der Waals surface area contributed by atoms with E-state index in [2.05, 4.69) is 134 Å². The third-order valence-corrected chi connectivity index (χ3v) is 9.52. The number of para-hydroxylation sites is 4. The zero-order chi connectivity index (χ0) is 33.0. The molecule has 234 valence electrons. The Morgan fingerprint density at radius 1 is 0.340 bits per heavy atom. The average molecular weight is 641 g/mol. The number of pyridine rings is 2. The van der Waals surface area contributed by atoms with Crippen LogP contribution in [0.1, 0.15) is 0 Å². The van der Waals surface area contributed by atoms with Crippen molar-refractivity contribution < 1.29 is 0 Å². The van der Waals surface area contributed by atoms with E-state index in [0.29, 0.717) is 5.82 Å². The molecule has 0 atom stereocenters. The molecule has 0 aliphatic carbocycles. The van der Waals surface area contributed by atoms with Gasteiger partial charge in [0.25, 0.3) is 0 Å². The topological polar surface area (TPSA) is 61.4 Å². The Morgan fingerprint density at radius 3 is 1.08 bits per heavy atom. The smallest absolute Gasteiger partial charge is 0.160 e. The molecule has 10 rings (SSSR count). The Balaban J connectivity index is 1.31. The van der Waals surface area contributed by atoms with E-state index in [4.69, 9.17) is 9.97 Å². The van der Waals surface area contributed by atoms with Crippen LogP contribution in [0.3, 0.4) is 0 Å². The molecule has 0 amide bonds. The summed E-state index contributed by atoms with van der Waals surface area (Å²) >= 11 is 0. The fourth-order valence-corrected chi connectivity index (χ4v) is 7.30. The number of rotatable bonds is 5. The van der Waals surface area contributed by atoms with Gasteiger partial charge in [-0.1, -0.05) is 72.8 Å². The predicted molar refractivity (Wildman–Crippen MR) is 203 cm³/mol. The van der Waals surface area contributed by atoms with Crippen molar-refractivity contribution in [1.29, 1.82) is 0 Å². The second-order valence-corrected chi connectivity index (χ2v) is 12.4. The molecule has 6 heteroatoms. The first kappa shape index (κ1) is 28.1. The molecule has 5 aromatic carbocycles. The van der Waals surface area contributed by atoms with Gasteiger partial charge in [0.2, 0.25) is 0 Å². The van der Waals surface area contributed by atoms with Gasteiger partial charge in [0.15, 0.2) is 5.82 Å². The van der Waals surface area contributed by atoms with Crippen molar-refractivity contribution >= 4 is 43.6 Å². The van der Waals surface area contributed by atoms with Gasteiger partial charge in [-0.05, 0) is 72.8 Å². The van der Waals surface area contributed by atoms with Crippen LogP contribution in [0.25, 0.3) is 88.9 Å². The first-order chi connectivity index (χ1) is 24.8. The molecule has 5 aromatic heterocycles. The first-order valence-electron chi connectivity index (χ1n) is 16.6. The Morgan fingerprint density at radius 2 is 0.700 bits per heavy atom. The number of hydrogen-bond donors (Lipinski definition) is 0. The van der Waals surface area contributed by atoms with Crippen molar-refractivity contribution in [1.82, 2.24) is 29.1 Å². The van der Waals surface area contributed by atoms with E-state index >= 15 is 0 Å². The number of nitrogens with zero attached hydrogens (tertiary/aromatic N) is 6. The minimum absolute atomic E-state index is 0.635. The van der Waals surface area contributed by atoms with Gasteiger partial charge in [0.05, 0.1) is 33.5 Å².